The summed E-state index contributed by atoms with van der Waals surface area (Å²) in [5.74, 6) is 0.876. The van der Waals surface area contributed by atoms with Crippen molar-refractivity contribution in [1.82, 2.24) is 9.97 Å². The van der Waals surface area contributed by atoms with Crippen LogP contribution in [0.1, 0.15) is 29.8 Å². The average molecular weight is 512 g/mol. The third-order valence-electron chi connectivity index (χ3n) is 5.49. The molecule has 2 aromatic carbocycles. The number of carbonyl (C=O) groups excluding carboxylic acids is 1. The first-order valence-electron chi connectivity index (χ1n) is 10.8. The Morgan fingerprint density at radius 1 is 1.03 bits per heavy atom. The molecule has 10 heteroatoms. The molecule has 0 radical (unpaired) electrons. The predicted octanol–water partition coefficient (Wildman–Crippen LogP) is 4.74. The lowest BCUT2D eigenvalue weighted by atomic mass is 10.2. The zero-order valence-corrected chi connectivity index (χ0v) is 21.4. The molecule has 0 aliphatic carbocycles. The fourth-order valence-corrected chi connectivity index (χ4v) is 5.64. The number of pyridine rings is 1. The van der Waals surface area contributed by atoms with E-state index in [2.05, 4.69) is 4.98 Å². The second-order valence-corrected chi connectivity index (χ2v) is 11.5. The van der Waals surface area contributed by atoms with Crippen molar-refractivity contribution in [2.24, 2.45) is 0 Å². The summed E-state index contributed by atoms with van der Waals surface area (Å²) in [6.07, 6.45) is 3.35. The third-order valence-corrected chi connectivity index (χ3v) is 8.75. The Labute approximate surface area is 208 Å². The summed E-state index contributed by atoms with van der Waals surface area (Å²) in [5.41, 5.74) is 1.75. The van der Waals surface area contributed by atoms with Gasteiger partial charge in [0.1, 0.15) is 21.7 Å². The monoisotopic (exact) mass is 511 g/mol. The van der Waals surface area contributed by atoms with Crippen molar-refractivity contribution in [2.45, 2.75) is 30.5 Å². The van der Waals surface area contributed by atoms with Crippen LogP contribution in [0.5, 0.6) is 11.5 Å². The smallest absolute Gasteiger partial charge is 0.260 e. The summed E-state index contributed by atoms with van der Waals surface area (Å²) in [7, 11) is -0.308. The van der Waals surface area contributed by atoms with Crippen LogP contribution in [0.4, 0.5) is 5.13 Å². The van der Waals surface area contributed by atoms with Gasteiger partial charge in [0.2, 0.25) is 0 Å². The third kappa shape index (κ3) is 4.85. The number of ether oxygens (including phenoxy) is 2. The van der Waals surface area contributed by atoms with Crippen molar-refractivity contribution in [1.29, 1.82) is 0 Å². The van der Waals surface area contributed by atoms with E-state index < -0.39 is 15.1 Å². The van der Waals surface area contributed by atoms with Crippen LogP contribution < -0.4 is 14.4 Å². The maximum absolute atomic E-state index is 13.7. The normalized spacial score (nSPS) is 11.6. The number of hydrogen-bond donors (Lipinski definition) is 0. The van der Waals surface area contributed by atoms with E-state index in [9.17, 15) is 13.2 Å². The molecule has 35 heavy (non-hydrogen) atoms. The Morgan fingerprint density at radius 2 is 1.71 bits per heavy atom. The van der Waals surface area contributed by atoms with Gasteiger partial charge < -0.3 is 9.47 Å². The largest absolute Gasteiger partial charge is 0.495 e. The molecular formula is C25H25N3O5S2. The maximum Gasteiger partial charge on any atom is 0.260 e. The number of hydrogen-bond acceptors (Lipinski definition) is 8. The molecule has 182 valence electrons. The molecule has 2 heterocycles. The van der Waals surface area contributed by atoms with Gasteiger partial charge in [-0.2, -0.15) is 0 Å². The minimum Gasteiger partial charge on any atom is -0.495 e. The van der Waals surface area contributed by atoms with Crippen LogP contribution in [-0.4, -0.2) is 43.8 Å². The fraction of sp³-hybridized carbons (Fsp3) is 0.240. The first kappa shape index (κ1) is 24.6. The summed E-state index contributed by atoms with van der Waals surface area (Å²) in [5, 5.41) is -0.102. The number of rotatable bonds is 8. The molecule has 8 nitrogen and oxygen atoms in total. The van der Waals surface area contributed by atoms with Crippen molar-refractivity contribution in [3.63, 3.8) is 0 Å². The van der Waals surface area contributed by atoms with Gasteiger partial charge in [-0.25, -0.2) is 13.4 Å². The Morgan fingerprint density at radius 3 is 2.31 bits per heavy atom. The van der Waals surface area contributed by atoms with Crippen molar-refractivity contribution in [3.05, 3.63) is 72.1 Å². The van der Waals surface area contributed by atoms with Crippen LogP contribution in [0.15, 0.2) is 65.8 Å². The van der Waals surface area contributed by atoms with E-state index in [1.165, 1.54) is 35.6 Å². The van der Waals surface area contributed by atoms with Gasteiger partial charge in [0, 0.05) is 18.0 Å². The standard InChI is InChI=1S/C25H25N3O5S2/c1-16(2)35(30,31)19-9-7-18(8-10-19)24(29)28(15-17-6-5-13-26-14-17)25-27-22-20(32-3)11-12-21(33-4)23(22)34-25/h5-14,16H,15H2,1-4H3. The predicted molar refractivity (Wildman–Crippen MR) is 136 cm³/mol. The number of sulfone groups is 1. The Bertz CT molecular complexity index is 1410. The summed E-state index contributed by atoms with van der Waals surface area (Å²) < 4.78 is 36.7. The van der Waals surface area contributed by atoms with E-state index in [1.807, 2.05) is 6.07 Å². The van der Waals surface area contributed by atoms with Gasteiger partial charge >= 0.3 is 0 Å². The number of thiazole rings is 1. The molecule has 0 saturated heterocycles. The summed E-state index contributed by atoms with van der Waals surface area (Å²) in [6, 6.07) is 13.2. The van der Waals surface area contributed by atoms with Gasteiger partial charge in [-0.05, 0) is 61.9 Å². The molecule has 4 aromatic rings. The highest BCUT2D eigenvalue weighted by molar-refractivity contribution is 7.92. The van der Waals surface area contributed by atoms with Crippen LogP contribution >= 0.6 is 11.3 Å². The Balaban J connectivity index is 1.79. The fourth-order valence-electron chi connectivity index (χ4n) is 3.51. The molecule has 0 aliphatic rings. The van der Waals surface area contributed by atoms with Crippen LogP contribution in [0, 0.1) is 0 Å². The number of methoxy groups -OCH3 is 2. The van der Waals surface area contributed by atoms with E-state index in [0.717, 1.165) is 10.3 Å². The van der Waals surface area contributed by atoms with E-state index in [0.29, 0.717) is 27.7 Å². The van der Waals surface area contributed by atoms with Gasteiger partial charge in [-0.15, -0.1) is 0 Å². The number of benzene rings is 2. The maximum atomic E-state index is 13.7. The Kier molecular flexibility index (Phi) is 7.04. The van der Waals surface area contributed by atoms with Gasteiger partial charge in [-0.3, -0.25) is 14.7 Å². The molecule has 0 fully saturated rings. The number of amides is 1. The molecule has 0 spiro atoms. The lowest BCUT2D eigenvalue weighted by Crippen LogP contribution is -2.30. The number of anilines is 1. The van der Waals surface area contributed by atoms with Gasteiger partial charge in [0.05, 0.1) is 30.9 Å². The quantitative estimate of drug-likeness (QED) is 0.337. The average Bonchev–Trinajstić information content (AvgIpc) is 3.32. The second-order valence-electron chi connectivity index (χ2n) is 8.01. The van der Waals surface area contributed by atoms with Crippen LogP contribution in [0.3, 0.4) is 0 Å². The Hall–Kier alpha value is -3.50. The van der Waals surface area contributed by atoms with E-state index in [4.69, 9.17) is 14.5 Å². The molecule has 4 rings (SSSR count). The highest BCUT2D eigenvalue weighted by atomic mass is 32.2. The minimum absolute atomic E-state index is 0.178. The van der Waals surface area contributed by atoms with Crippen molar-refractivity contribution in [3.8, 4) is 11.5 Å². The molecule has 0 bridgehead atoms. The first-order valence-corrected chi connectivity index (χ1v) is 13.2. The zero-order valence-electron chi connectivity index (χ0n) is 19.8. The molecule has 2 aromatic heterocycles. The topological polar surface area (TPSA) is 98.7 Å². The van der Waals surface area contributed by atoms with Crippen molar-refractivity contribution >= 4 is 42.4 Å². The van der Waals surface area contributed by atoms with E-state index >= 15 is 0 Å². The molecule has 0 aliphatic heterocycles. The number of carbonyl (C=O) groups is 1. The first-order chi connectivity index (χ1) is 16.8. The summed E-state index contributed by atoms with van der Waals surface area (Å²) in [6.45, 7) is 3.47. The highest BCUT2D eigenvalue weighted by Gasteiger charge is 2.25. The molecule has 0 atom stereocenters. The van der Waals surface area contributed by atoms with Crippen LogP contribution in [0.2, 0.25) is 0 Å². The van der Waals surface area contributed by atoms with Gasteiger partial charge in [0.25, 0.3) is 5.91 Å². The van der Waals surface area contributed by atoms with E-state index in [1.54, 1.807) is 63.6 Å². The molecule has 0 N–H and O–H groups in total. The van der Waals surface area contributed by atoms with Crippen LogP contribution in [-0.2, 0) is 16.4 Å². The van der Waals surface area contributed by atoms with Gasteiger partial charge in [0.15, 0.2) is 15.0 Å². The van der Waals surface area contributed by atoms with Crippen molar-refractivity contribution < 1.29 is 22.7 Å². The molecular weight excluding hydrogens is 486 g/mol. The van der Waals surface area contributed by atoms with Gasteiger partial charge in [-0.1, -0.05) is 17.4 Å². The number of nitrogens with zero attached hydrogens (tertiary/aromatic N) is 3. The summed E-state index contributed by atoms with van der Waals surface area (Å²) >= 11 is 1.31. The molecule has 0 unspecified atom stereocenters. The number of fused-ring (bicyclic) bond motifs is 1. The second kappa shape index (κ2) is 10.0. The summed E-state index contributed by atoms with van der Waals surface area (Å²) in [4.78, 5) is 24.3. The lowest BCUT2D eigenvalue weighted by Gasteiger charge is -2.20. The zero-order chi connectivity index (χ0) is 25.2. The highest BCUT2D eigenvalue weighted by Crippen LogP contribution is 2.40. The lowest BCUT2D eigenvalue weighted by molar-refractivity contribution is 0.0985. The van der Waals surface area contributed by atoms with E-state index in [-0.39, 0.29) is 17.3 Å². The number of aromatic nitrogens is 2. The molecule has 1 amide bonds. The molecule has 0 saturated carbocycles. The SMILES string of the molecule is COc1ccc(OC)c2sc(N(Cc3cccnc3)C(=O)c3ccc(S(=O)(=O)C(C)C)cc3)nc12. The minimum atomic E-state index is -3.44. The van der Waals surface area contributed by atoms with Crippen LogP contribution in [0.25, 0.3) is 10.2 Å². The van der Waals surface area contributed by atoms with Crippen molar-refractivity contribution in [2.75, 3.05) is 19.1 Å².